The Labute approximate surface area is 146 Å². The Morgan fingerprint density at radius 3 is 2.71 bits per heavy atom. The molecule has 0 N–H and O–H groups in total. The molecule has 0 aliphatic carbocycles. The lowest BCUT2D eigenvalue weighted by atomic mass is 9.90. The Hall–Kier alpha value is -1.95. The van der Waals surface area contributed by atoms with Gasteiger partial charge in [-0.05, 0) is 45.7 Å². The first-order valence-corrected chi connectivity index (χ1v) is 9.25. The molecule has 5 nitrogen and oxygen atoms in total. The largest absolute Gasteiger partial charge is 0.465 e. The summed E-state index contributed by atoms with van der Waals surface area (Å²) in [6.45, 7) is 8.05. The van der Waals surface area contributed by atoms with Crippen molar-refractivity contribution in [2.75, 3.05) is 24.6 Å². The first kappa shape index (κ1) is 16.9. The summed E-state index contributed by atoms with van der Waals surface area (Å²) in [7, 11) is 0. The van der Waals surface area contributed by atoms with Gasteiger partial charge in [-0.25, -0.2) is 9.97 Å². The minimum atomic E-state index is -0.742. The average molecular weight is 345 g/mol. The Balaban J connectivity index is 1.78. The molecular formula is C18H23N3O2S. The van der Waals surface area contributed by atoms with E-state index in [-0.39, 0.29) is 5.97 Å². The summed E-state index contributed by atoms with van der Waals surface area (Å²) in [6.07, 6.45) is 4.35. The van der Waals surface area contributed by atoms with E-state index in [1.54, 1.807) is 0 Å². The first-order valence-electron chi connectivity index (χ1n) is 8.37. The number of thiazole rings is 1. The standard InChI is InChI=1S/C18H23N3O2S/c1-4-23-17(22)18(2,3)14-12-24-16(20-14)13-7-8-15(19-11-13)21-9-5-6-10-21/h7-8,11-12H,4-6,9-10H2,1-3H3. The molecule has 0 radical (unpaired) electrons. The Morgan fingerprint density at radius 1 is 1.33 bits per heavy atom. The van der Waals surface area contributed by atoms with Crippen molar-refractivity contribution in [3.63, 3.8) is 0 Å². The smallest absolute Gasteiger partial charge is 0.317 e. The molecule has 1 fully saturated rings. The van der Waals surface area contributed by atoms with Gasteiger partial charge in [0.25, 0.3) is 0 Å². The van der Waals surface area contributed by atoms with E-state index in [0.29, 0.717) is 6.61 Å². The van der Waals surface area contributed by atoms with Crippen molar-refractivity contribution in [3.05, 3.63) is 29.4 Å². The maximum Gasteiger partial charge on any atom is 0.317 e. The quantitative estimate of drug-likeness (QED) is 0.774. The third-order valence-electron chi connectivity index (χ3n) is 4.36. The van der Waals surface area contributed by atoms with Crippen LogP contribution in [0.3, 0.4) is 0 Å². The highest BCUT2D eigenvalue weighted by molar-refractivity contribution is 7.13. The van der Waals surface area contributed by atoms with Gasteiger partial charge in [0.2, 0.25) is 0 Å². The predicted octanol–water partition coefficient (Wildman–Crippen LogP) is 3.65. The number of rotatable bonds is 5. The highest BCUT2D eigenvalue weighted by atomic mass is 32.1. The van der Waals surface area contributed by atoms with Crippen LogP contribution in [0.4, 0.5) is 5.82 Å². The molecule has 0 spiro atoms. The number of hydrogen-bond acceptors (Lipinski definition) is 6. The summed E-state index contributed by atoms with van der Waals surface area (Å²) in [6, 6.07) is 4.11. The summed E-state index contributed by atoms with van der Waals surface area (Å²) in [5.74, 6) is 0.782. The summed E-state index contributed by atoms with van der Waals surface area (Å²) in [5, 5.41) is 2.81. The normalized spacial score (nSPS) is 14.9. The van der Waals surface area contributed by atoms with E-state index < -0.39 is 5.41 Å². The predicted molar refractivity (Wildman–Crippen MR) is 96.5 cm³/mol. The van der Waals surface area contributed by atoms with Gasteiger partial charge >= 0.3 is 5.97 Å². The number of aromatic nitrogens is 2. The van der Waals surface area contributed by atoms with Gasteiger partial charge in [0.1, 0.15) is 16.2 Å². The highest BCUT2D eigenvalue weighted by Gasteiger charge is 2.34. The molecule has 2 aromatic heterocycles. The highest BCUT2D eigenvalue weighted by Crippen LogP contribution is 2.31. The van der Waals surface area contributed by atoms with E-state index in [9.17, 15) is 4.79 Å². The fourth-order valence-corrected chi connectivity index (χ4v) is 3.73. The van der Waals surface area contributed by atoms with E-state index in [1.165, 1.54) is 24.2 Å². The van der Waals surface area contributed by atoms with Gasteiger partial charge < -0.3 is 9.64 Å². The third-order valence-corrected chi connectivity index (χ3v) is 5.25. The van der Waals surface area contributed by atoms with Crippen LogP contribution in [0.1, 0.15) is 39.3 Å². The number of esters is 1. The Morgan fingerprint density at radius 2 is 2.08 bits per heavy atom. The molecule has 6 heteroatoms. The van der Waals surface area contributed by atoms with E-state index in [0.717, 1.165) is 35.2 Å². The molecule has 1 aliphatic heterocycles. The number of nitrogens with zero attached hydrogens (tertiary/aromatic N) is 3. The van der Waals surface area contributed by atoms with Gasteiger partial charge in [-0.1, -0.05) is 0 Å². The van der Waals surface area contributed by atoms with Crippen LogP contribution >= 0.6 is 11.3 Å². The lowest BCUT2D eigenvalue weighted by molar-refractivity contribution is -0.148. The van der Waals surface area contributed by atoms with Crippen LogP contribution in [-0.2, 0) is 14.9 Å². The molecule has 0 bridgehead atoms. The van der Waals surface area contributed by atoms with Crippen LogP contribution in [0.25, 0.3) is 10.6 Å². The molecule has 0 aromatic carbocycles. The van der Waals surface area contributed by atoms with Crippen LogP contribution in [0.2, 0.25) is 0 Å². The van der Waals surface area contributed by atoms with Crippen LogP contribution in [-0.4, -0.2) is 35.6 Å². The van der Waals surface area contributed by atoms with Gasteiger partial charge in [0.15, 0.2) is 0 Å². The van der Waals surface area contributed by atoms with Crippen molar-refractivity contribution in [2.24, 2.45) is 0 Å². The summed E-state index contributed by atoms with van der Waals surface area (Å²) in [4.78, 5) is 23.7. The number of hydrogen-bond donors (Lipinski definition) is 0. The fraction of sp³-hybridized carbons (Fsp3) is 0.500. The summed E-state index contributed by atoms with van der Waals surface area (Å²) >= 11 is 1.53. The Kier molecular flexibility index (Phi) is 4.85. The van der Waals surface area contributed by atoms with Crippen LogP contribution in [0.5, 0.6) is 0 Å². The van der Waals surface area contributed by atoms with Gasteiger partial charge in [-0.15, -0.1) is 11.3 Å². The molecule has 2 aromatic rings. The van der Waals surface area contributed by atoms with Crippen molar-refractivity contribution in [2.45, 2.75) is 39.0 Å². The van der Waals surface area contributed by atoms with Gasteiger partial charge in [0.05, 0.1) is 12.3 Å². The molecule has 1 aliphatic rings. The van der Waals surface area contributed by atoms with E-state index in [1.807, 2.05) is 32.3 Å². The Bertz CT molecular complexity index is 703. The molecule has 0 unspecified atom stereocenters. The number of carbonyl (C=O) groups is 1. The van der Waals surface area contributed by atoms with Crippen molar-refractivity contribution >= 4 is 23.1 Å². The zero-order valence-electron chi connectivity index (χ0n) is 14.4. The summed E-state index contributed by atoms with van der Waals surface area (Å²) in [5.41, 5.74) is 0.978. The number of pyridine rings is 1. The number of anilines is 1. The third kappa shape index (κ3) is 3.29. The maximum atomic E-state index is 12.1. The van der Waals surface area contributed by atoms with Gasteiger partial charge in [0, 0.05) is 30.2 Å². The van der Waals surface area contributed by atoms with Crippen LogP contribution in [0.15, 0.2) is 23.7 Å². The maximum absolute atomic E-state index is 12.1. The molecule has 128 valence electrons. The SMILES string of the molecule is CCOC(=O)C(C)(C)c1csc(-c2ccc(N3CCCC3)nc2)n1. The minimum absolute atomic E-state index is 0.246. The van der Waals surface area contributed by atoms with Crippen LogP contribution < -0.4 is 4.90 Å². The van der Waals surface area contributed by atoms with Crippen LogP contribution in [0, 0.1) is 0 Å². The summed E-state index contributed by atoms with van der Waals surface area (Å²) < 4.78 is 5.16. The molecule has 0 amide bonds. The molecule has 3 heterocycles. The second-order valence-electron chi connectivity index (χ2n) is 6.48. The second kappa shape index (κ2) is 6.89. The van der Waals surface area contributed by atoms with Gasteiger partial charge in [-0.2, -0.15) is 0 Å². The number of ether oxygens (including phenoxy) is 1. The van der Waals surface area contributed by atoms with Crippen molar-refractivity contribution < 1.29 is 9.53 Å². The van der Waals surface area contributed by atoms with Crippen molar-refractivity contribution in [1.82, 2.24) is 9.97 Å². The molecule has 3 rings (SSSR count). The van der Waals surface area contributed by atoms with E-state index in [2.05, 4.69) is 27.0 Å². The lowest BCUT2D eigenvalue weighted by Gasteiger charge is -2.19. The second-order valence-corrected chi connectivity index (χ2v) is 7.34. The van der Waals surface area contributed by atoms with Crippen molar-refractivity contribution in [3.8, 4) is 10.6 Å². The minimum Gasteiger partial charge on any atom is -0.465 e. The van der Waals surface area contributed by atoms with Gasteiger partial charge in [-0.3, -0.25) is 4.79 Å². The molecule has 24 heavy (non-hydrogen) atoms. The molecular weight excluding hydrogens is 322 g/mol. The topological polar surface area (TPSA) is 55.3 Å². The first-order chi connectivity index (χ1) is 11.5. The molecule has 0 atom stereocenters. The fourth-order valence-electron chi connectivity index (χ4n) is 2.76. The van der Waals surface area contributed by atoms with E-state index >= 15 is 0 Å². The zero-order valence-corrected chi connectivity index (χ0v) is 15.2. The lowest BCUT2D eigenvalue weighted by Crippen LogP contribution is -2.31. The zero-order chi connectivity index (χ0) is 17.2. The average Bonchev–Trinajstić information content (AvgIpc) is 3.27. The molecule has 1 saturated heterocycles. The van der Waals surface area contributed by atoms with Crippen molar-refractivity contribution in [1.29, 1.82) is 0 Å². The number of carbonyl (C=O) groups excluding carboxylic acids is 1. The van der Waals surface area contributed by atoms with E-state index in [4.69, 9.17) is 4.74 Å². The molecule has 0 saturated carbocycles. The monoisotopic (exact) mass is 345 g/mol.